The van der Waals surface area contributed by atoms with Crippen molar-refractivity contribution in [1.29, 1.82) is 0 Å². The lowest BCUT2D eigenvalue weighted by molar-refractivity contribution is -0.384. The molecular weight excluding hydrogens is 370 g/mol. The highest BCUT2D eigenvalue weighted by molar-refractivity contribution is 6.30. The second-order valence-corrected chi connectivity index (χ2v) is 6.10. The van der Waals surface area contributed by atoms with Crippen LogP contribution in [0.4, 0.5) is 5.69 Å². The molecule has 0 spiro atoms. The number of benzene rings is 2. The lowest BCUT2D eigenvalue weighted by Gasteiger charge is -2.02. The Morgan fingerprint density at radius 3 is 2.59 bits per heavy atom. The fourth-order valence-electron chi connectivity index (χ4n) is 2.43. The van der Waals surface area contributed by atoms with Gasteiger partial charge in [0.25, 0.3) is 11.6 Å². The molecule has 7 nitrogen and oxygen atoms in total. The molecule has 1 amide bonds. The minimum absolute atomic E-state index is 0.0227. The van der Waals surface area contributed by atoms with E-state index in [1.165, 1.54) is 18.3 Å². The van der Waals surface area contributed by atoms with Crippen molar-refractivity contribution in [1.82, 2.24) is 5.43 Å². The van der Waals surface area contributed by atoms with Crippen LogP contribution in [0.15, 0.2) is 64.1 Å². The number of non-ortho nitro benzene ring substituents is 1. The van der Waals surface area contributed by atoms with E-state index in [1.807, 2.05) is 0 Å². The molecule has 3 aromatic rings. The Kier molecular flexibility index (Phi) is 5.33. The molecule has 0 atom stereocenters. The van der Waals surface area contributed by atoms with E-state index in [9.17, 15) is 14.9 Å². The van der Waals surface area contributed by atoms with Crippen LogP contribution >= 0.6 is 11.6 Å². The molecule has 8 heteroatoms. The topological polar surface area (TPSA) is 97.7 Å². The zero-order valence-corrected chi connectivity index (χ0v) is 14.9. The van der Waals surface area contributed by atoms with Crippen molar-refractivity contribution in [2.24, 2.45) is 5.10 Å². The molecule has 1 heterocycles. The highest BCUT2D eigenvalue weighted by Crippen LogP contribution is 2.28. The number of halogens is 1. The third kappa shape index (κ3) is 4.39. The molecule has 27 heavy (non-hydrogen) atoms. The van der Waals surface area contributed by atoms with Crippen molar-refractivity contribution in [3.05, 3.63) is 86.6 Å². The summed E-state index contributed by atoms with van der Waals surface area (Å²) in [5, 5.41) is 15.2. The van der Waals surface area contributed by atoms with Crippen LogP contribution in [-0.2, 0) is 0 Å². The first-order valence-electron chi connectivity index (χ1n) is 7.88. The summed E-state index contributed by atoms with van der Waals surface area (Å²) in [5.41, 5.74) is 4.31. The Bertz CT molecular complexity index is 1030. The van der Waals surface area contributed by atoms with Crippen LogP contribution in [0, 0.1) is 17.0 Å². The third-order valence-electron chi connectivity index (χ3n) is 3.78. The van der Waals surface area contributed by atoms with Crippen LogP contribution in [0.1, 0.15) is 21.7 Å². The van der Waals surface area contributed by atoms with Gasteiger partial charge in [0.2, 0.25) is 0 Å². The quantitative estimate of drug-likeness (QED) is 0.396. The van der Waals surface area contributed by atoms with E-state index in [4.69, 9.17) is 16.0 Å². The predicted octanol–water partition coefficient (Wildman–Crippen LogP) is 4.58. The summed E-state index contributed by atoms with van der Waals surface area (Å²) in [4.78, 5) is 22.3. The number of amides is 1. The van der Waals surface area contributed by atoms with Crippen molar-refractivity contribution >= 4 is 29.4 Å². The first-order chi connectivity index (χ1) is 12.9. The van der Waals surface area contributed by atoms with Crippen molar-refractivity contribution < 1.29 is 14.1 Å². The average Bonchev–Trinajstić information content (AvgIpc) is 3.10. The maximum Gasteiger partial charge on any atom is 0.271 e. The summed E-state index contributed by atoms with van der Waals surface area (Å²) in [6.45, 7) is 1.77. The number of hydrogen-bond donors (Lipinski definition) is 1. The zero-order valence-electron chi connectivity index (χ0n) is 14.2. The highest BCUT2D eigenvalue weighted by Gasteiger charge is 2.12. The molecule has 136 valence electrons. The molecule has 0 aliphatic carbocycles. The molecule has 0 aliphatic rings. The zero-order chi connectivity index (χ0) is 19.4. The first-order valence-corrected chi connectivity index (χ1v) is 8.26. The molecule has 0 aliphatic heterocycles. The van der Waals surface area contributed by atoms with Crippen molar-refractivity contribution in [2.75, 3.05) is 0 Å². The normalized spacial score (nSPS) is 10.9. The van der Waals surface area contributed by atoms with Crippen LogP contribution in [-0.4, -0.2) is 17.0 Å². The van der Waals surface area contributed by atoms with E-state index in [1.54, 1.807) is 49.4 Å². The van der Waals surface area contributed by atoms with Gasteiger partial charge in [-0.3, -0.25) is 14.9 Å². The van der Waals surface area contributed by atoms with Gasteiger partial charge in [0, 0.05) is 28.3 Å². The Morgan fingerprint density at radius 2 is 1.93 bits per heavy atom. The molecule has 0 radical (unpaired) electrons. The van der Waals surface area contributed by atoms with Gasteiger partial charge in [-0.25, -0.2) is 5.43 Å². The van der Waals surface area contributed by atoms with Gasteiger partial charge in [-0.15, -0.1) is 0 Å². The Morgan fingerprint density at radius 1 is 1.19 bits per heavy atom. The monoisotopic (exact) mass is 383 g/mol. The number of nitro groups is 1. The Balaban J connectivity index is 1.69. The average molecular weight is 384 g/mol. The maximum absolute atomic E-state index is 12.0. The Hall–Kier alpha value is -3.45. The second kappa shape index (κ2) is 7.84. The number of nitrogens with zero attached hydrogens (tertiary/aromatic N) is 2. The van der Waals surface area contributed by atoms with Gasteiger partial charge in [0.15, 0.2) is 0 Å². The molecule has 0 bridgehead atoms. The maximum atomic E-state index is 12.0. The van der Waals surface area contributed by atoms with Gasteiger partial charge in [-0.1, -0.05) is 11.6 Å². The molecule has 1 N–H and O–H groups in total. The van der Waals surface area contributed by atoms with Gasteiger partial charge >= 0.3 is 0 Å². The van der Waals surface area contributed by atoms with E-state index in [0.29, 0.717) is 22.1 Å². The Labute approximate surface area is 159 Å². The fourth-order valence-corrected chi connectivity index (χ4v) is 2.55. The van der Waals surface area contributed by atoms with Crippen LogP contribution in [0.5, 0.6) is 0 Å². The number of hydrazone groups is 1. The van der Waals surface area contributed by atoms with Crippen molar-refractivity contribution in [2.45, 2.75) is 6.92 Å². The summed E-state index contributed by atoms with van der Waals surface area (Å²) in [6, 6.07) is 14.4. The van der Waals surface area contributed by atoms with Crippen LogP contribution in [0.25, 0.3) is 11.3 Å². The molecule has 3 rings (SSSR count). The van der Waals surface area contributed by atoms with Gasteiger partial charge < -0.3 is 4.42 Å². The predicted molar refractivity (Wildman–Crippen MR) is 102 cm³/mol. The van der Waals surface area contributed by atoms with Gasteiger partial charge in [0.05, 0.1) is 11.1 Å². The van der Waals surface area contributed by atoms with Crippen LogP contribution < -0.4 is 5.43 Å². The number of furan rings is 1. The van der Waals surface area contributed by atoms with E-state index in [-0.39, 0.29) is 11.6 Å². The van der Waals surface area contributed by atoms with E-state index in [2.05, 4.69) is 10.5 Å². The van der Waals surface area contributed by atoms with E-state index < -0.39 is 4.92 Å². The largest absolute Gasteiger partial charge is 0.455 e. The molecule has 0 fully saturated rings. The second-order valence-electron chi connectivity index (χ2n) is 5.66. The summed E-state index contributed by atoms with van der Waals surface area (Å²) in [7, 11) is 0. The minimum Gasteiger partial charge on any atom is -0.455 e. The number of carbonyl (C=O) groups excluding carboxylic acids is 1. The minimum atomic E-state index is -0.444. The van der Waals surface area contributed by atoms with E-state index >= 15 is 0 Å². The number of nitrogens with one attached hydrogen (secondary N) is 1. The lowest BCUT2D eigenvalue weighted by atomic mass is 10.1. The number of carbonyl (C=O) groups is 1. The molecule has 2 aromatic carbocycles. The first kappa shape index (κ1) is 18.3. The molecule has 0 saturated carbocycles. The summed E-state index contributed by atoms with van der Waals surface area (Å²) in [6.07, 6.45) is 1.37. The van der Waals surface area contributed by atoms with Crippen molar-refractivity contribution in [3.8, 4) is 11.3 Å². The SMILES string of the molecule is Cc1cc([N+](=O)[O-])ccc1-c1ccc(/C=N/NC(=O)c2ccc(Cl)cc2)o1. The van der Waals surface area contributed by atoms with E-state index in [0.717, 1.165) is 11.1 Å². The third-order valence-corrected chi connectivity index (χ3v) is 4.03. The number of hydrogen-bond acceptors (Lipinski definition) is 5. The van der Waals surface area contributed by atoms with Gasteiger partial charge in [-0.2, -0.15) is 5.10 Å². The number of nitro benzene ring substituents is 1. The molecule has 1 aromatic heterocycles. The molecule has 0 unspecified atom stereocenters. The number of rotatable bonds is 5. The van der Waals surface area contributed by atoms with Crippen LogP contribution in [0.3, 0.4) is 0 Å². The summed E-state index contributed by atoms with van der Waals surface area (Å²) < 4.78 is 5.67. The van der Waals surface area contributed by atoms with Gasteiger partial charge in [-0.05, 0) is 55.0 Å². The fraction of sp³-hybridized carbons (Fsp3) is 0.0526. The summed E-state index contributed by atoms with van der Waals surface area (Å²) in [5.74, 6) is 0.605. The van der Waals surface area contributed by atoms with Crippen molar-refractivity contribution in [3.63, 3.8) is 0 Å². The standard InChI is InChI=1S/C19H14ClN3O4/c1-12-10-15(23(25)26)6-8-17(12)18-9-7-16(27-18)11-21-22-19(24)13-2-4-14(20)5-3-13/h2-11H,1H3,(H,22,24)/b21-11+. The number of aryl methyl sites for hydroxylation is 1. The lowest BCUT2D eigenvalue weighted by Crippen LogP contribution is -2.17. The smallest absolute Gasteiger partial charge is 0.271 e. The van der Waals surface area contributed by atoms with Gasteiger partial charge in [0.1, 0.15) is 11.5 Å². The molecule has 0 saturated heterocycles. The molecular formula is C19H14ClN3O4. The summed E-state index contributed by atoms with van der Waals surface area (Å²) >= 11 is 5.78. The highest BCUT2D eigenvalue weighted by atomic mass is 35.5. The van der Waals surface area contributed by atoms with Crippen LogP contribution in [0.2, 0.25) is 5.02 Å².